The monoisotopic (exact) mass is 412 g/mol. The van der Waals surface area contributed by atoms with Crippen LogP contribution in [0.1, 0.15) is 44.9 Å². The molecular weight excluding hydrogens is 388 g/mol. The first kappa shape index (κ1) is 19.4. The number of nitrogens with one attached hydrogen (secondary N) is 1. The van der Waals surface area contributed by atoms with Gasteiger partial charge in [0.25, 0.3) is 11.8 Å². The van der Waals surface area contributed by atoms with Crippen molar-refractivity contribution in [3.63, 3.8) is 0 Å². The topological polar surface area (TPSA) is 62.6 Å². The van der Waals surface area contributed by atoms with Crippen molar-refractivity contribution < 1.29 is 14.0 Å². The van der Waals surface area contributed by atoms with Gasteiger partial charge in [0.05, 0.1) is 0 Å². The number of hydrogen-bond donors (Lipinski definition) is 1. The smallest absolute Gasteiger partial charge is 0.289 e. The van der Waals surface area contributed by atoms with Gasteiger partial charge in [-0.25, -0.2) is 0 Å². The van der Waals surface area contributed by atoms with Crippen LogP contribution in [0.15, 0.2) is 65.1 Å². The predicted octanol–water partition coefficient (Wildman–Crippen LogP) is 5.06. The van der Waals surface area contributed by atoms with Gasteiger partial charge in [0.15, 0.2) is 5.76 Å². The maximum Gasteiger partial charge on any atom is 0.289 e. The predicted molar refractivity (Wildman–Crippen MR) is 121 cm³/mol. The Morgan fingerprint density at radius 2 is 1.74 bits per heavy atom. The molecule has 2 amide bonds. The molecule has 1 N–H and O–H groups in total. The molecule has 0 aliphatic heterocycles. The van der Waals surface area contributed by atoms with E-state index in [9.17, 15) is 9.59 Å². The fraction of sp³-hybridized carbons (Fsp3) is 0.231. The van der Waals surface area contributed by atoms with Crippen LogP contribution in [0.3, 0.4) is 0 Å². The van der Waals surface area contributed by atoms with Crippen LogP contribution in [0.25, 0.3) is 21.7 Å². The number of furan rings is 1. The SMILES string of the molecule is Cc1c(C(=O)N(C)Cc2ccc(C(=O)NC3CC3)cc2)oc2c1ccc1ccccc12. The van der Waals surface area contributed by atoms with Crippen LogP contribution in [-0.4, -0.2) is 29.8 Å². The van der Waals surface area contributed by atoms with Gasteiger partial charge in [-0.2, -0.15) is 0 Å². The van der Waals surface area contributed by atoms with E-state index in [-0.39, 0.29) is 11.8 Å². The van der Waals surface area contributed by atoms with Crippen LogP contribution >= 0.6 is 0 Å². The molecule has 5 heteroatoms. The summed E-state index contributed by atoms with van der Waals surface area (Å²) in [4.78, 5) is 26.9. The van der Waals surface area contributed by atoms with E-state index in [2.05, 4.69) is 11.4 Å². The summed E-state index contributed by atoms with van der Waals surface area (Å²) in [6, 6.07) is 19.8. The molecule has 0 bridgehead atoms. The molecule has 1 saturated carbocycles. The third-order valence-electron chi connectivity index (χ3n) is 5.92. The molecule has 1 heterocycles. The molecule has 5 rings (SSSR count). The molecule has 0 atom stereocenters. The largest absolute Gasteiger partial charge is 0.450 e. The first-order chi connectivity index (χ1) is 15.0. The zero-order valence-corrected chi connectivity index (χ0v) is 17.6. The normalized spacial score (nSPS) is 13.5. The lowest BCUT2D eigenvalue weighted by Gasteiger charge is -2.16. The van der Waals surface area contributed by atoms with E-state index in [0.717, 1.165) is 45.7 Å². The Kier molecular flexibility index (Phi) is 4.74. The molecule has 0 radical (unpaired) electrons. The van der Waals surface area contributed by atoms with Gasteiger partial charge in [0, 0.05) is 41.5 Å². The van der Waals surface area contributed by atoms with Crippen molar-refractivity contribution in [1.82, 2.24) is 10.2 Å². The molecule has 0 unspecified atom stereocenters. The fourth-order valence-corrected chi connectivity index (χ4v) is 3.93. The number of rotatable bonds is 5. The Morgan fingerprint density at radius 1 is 1.00 bits per heavy atom. The Labute approximate surface area is 180 Å². The lowest BCUT2D eigenvalue weighted by molar-refractivity contribution is 0.0754. The number of carbonyl (C=O) groups excluding carboxylic acids is 2. The van der Waals surface area contributed by atoms with Crippen LogP contribution in [0.4, 0.5) is 0 Å². The second kappa shape index (κ2) is 7.58. The van der Waals surface area contributed by atoms with Gasteiger partial charge in [-0.1, -0.05) is 48.5 Å². The second-order valence-electron chi connectivity index (χ2n) is 8.33. The molecule has 1 aromatic heterocycles. The van der Waals surface area contributed by atoms with Crippen LogP contribution in [-0.2, 0) is 6.54 Å². The minimum Gasteiger partial charge on any atom is -0.450 e. The Balaban J connectivity index is 1.36. The molecular formula is C26H24N2O3. The van der Waals surface area contributed by atoms with E-state index in [0.29, 0.717) is 23.9 Å². The molecule has 1 fully saturated rings. The van der Waals surface area contributed by atoms with Crippen molar-refractivity contribution in [2.24, 2.45) is 0 Å². The van der Waals surface area contributed by atoms with Gasteiger partial charge in [-0.3, -0.25) is 9.59 Å². The summed E-state index contributed by atoms with van der Waals surface area (Å²) in [6.07, 6.45) is 2.13. The summed E-state index contributed by atoms with van der Waals surface area (Å²) in [6.45, 7) is 2.36. The highest BCUT2D eigenvalue weighted by molar-refractivity contribution is 6.08. The molecule has 156 valence electrons. The number of carbonyl (C=O) groups is 2. The van der Waals surface area contributed by atoms with Gasteiger partial charge >= 0.3 is 0 Å². The first-order valence-electron chi connectivity index (χ1n) is 10.6. The van der Waals surface area contributed by atoms with Gasteiger partial charge < -0.3 is 14.6 Å². The summed E-state index contributed by atoms with van der Waals surface area (Å²) >= 11 is 0. The Morgan fingerprint density at radius 3 is 2.48 bits per heavy atom. The van der Waals surface area contributed by atoms with Crippen LogP contribution < -0.4 is 5.32 Å². The quantitative estimate of drug-likeness (QED) is 0.498. The molecule has 3 aromatic carbocycles. The fourth-order valence-electron chi connectivity index (χ4n) is 3.93. The van der Waals surface area contributed by atoms with Crippen LogP contribution in [0, 0.1) is 6.92 Å². The zero-order valence-electron chi connectivity index (χ0n) is 17.6. The van der Waals surface area contributed by atoms with E-state index in [4.69, 9.17) is 4.42 Å². The van der Waals surface area contributed by atoms with Crippen molar-refractivity contribution in [3.05, 3.63) is 83.1 Å². The number of fused-ring (bicyclic) bond motifs is 3. The summed E-state index contributed by atoms with van der Waals surface area (Å²) in [5.41, 5.74) is 3.20. The van der Waals surface area contributed by atoms with E-state index >= 15 is 0 Å². The molecule has 5 nitrogen and oxygen atoms in total. The van der Waals surface area contributed by atoms with Crippen molar-refractivity contribution in [3.8, 4) is 0 Å². The minimum absolute atomic E-state index is 0.0383. The van der Waals surface area contributed by atoms with Gasteiger partial charge in [-0.05, 0) is 42.8 Å². The minimum atomic E-state index is -0.159. The van der Waals surface area contributed by atoms with Gasteiger partial charge in [0.1, 0.15) is 5.58 Å². The van der Waals surface area contributed by atoms with E-state index in [1.54, 1.807) is 11.9 Å². The van der Waals surface area contributed by atoms with E-state index in [1.165, 1.54) is 0 Å². The molecule has 0 saturated heterocycles. The number of hydrogen-bond acceptors (Lipinski definition) is 3. The summed E-state index contributed by atoms with van der Waals surface area (Å²) in [7, 11) is 1.76. The third-order valence-corrected chi connectivity index (χ3v) is 5.92. The lowest BCUT2D eigenvalue weighted by atomic mass is 10.1. The van der Waals surface area contributed by atoms with Crippen LogP contribution in [0.2, 0.25) is 0 Å². The van der Waals surface area contributed by atoms with Crippen molar-refractivity contribution in [2.45, 2.75) is 32.4 Å². The van der Waals surface area contributed by atoms with Crippen molar-refractivity contribution in [2.75, 3.05) is 7.05 Å². The molecule has 0 spiro atoms. The average Bonchev–Trinajstić information content (AvgIpc) is 3.54. The van der Waals surface area contributed by atoms with E-state index in [1.807, 2.05) is 61.5 Å². The first-order valence-corrected chi connectivity index (χ1v) is 10.6. The molecule has 1 aliphatic carbocycles. The highest BCUT2D eigenvalue weighted by Crippen LogP contribution is 2.32. The maximum absolute atomic E-state index is 13.1. The lowest BCUT2D eigenvalue weighted by Crippen LogP contribution is -2.27. The molecule has 31 heavy (non-hydrogen) atoms. The zero-order chi connectivity index (χ0) is 21.5. The highest BCUT2D eigenvalue weighted by atomic mass is 16.3. The molecule has 1 aliphatic rings. The number of aryl methyl sites for hydroxylation is 1. The van der Waals surface area contributed by atoms with Gasteiger partial charge in [-0.15, -0.1) is 0 Å². The Hall–Kier alpha value is -3.60. The number of benzene rings is 3. The summed E-state index contributed by atoms with van der Waals surface area (Å²) in [5.74, 6) is 0.172. The number of nitrogens with zero attached hydrogens (tertiary/aromatic N) is 1. The standard InChI is InChI=1S/C26H24N2O3/c1-16-21-14-11-18-5-3-4-6-22(18)24(21)31-23(16)26(30)28(2)15-17-7-9-19(10-8-17)25(29)27-20-12-13-20/h3-11,14,20H,12-13,15H2,1-2H3,(H,27,29). The summed E-state index contributed by atoms with van der Waals surface area (Å²) < 4.78 is 6.08. The Bertz CT molecular complexity index is 1300. The van der Waals surface area contributed by atoms with E-state index < -0.39 is 0 Å². The average molecular weight is 412 g/mol. The highest BCUT2D eigenvalue weighted by Gasteiger charge is 2.24. The van der Waals surface area contributed by atoms with Crippen LogP contribution in [0.5, 0.6) is 0 Å². The number of amides is 2. The summed E-state index contributed by atoms with van der Waals surface area (Å²) in [5, 5.41) is 6.04. The van der Waals surface area contributed by atoms with Crippen molar-refractivity contribution in [1.29, 1.82) is 0 Å². The van der Waals surface area contributed by atoms with Crippen molar-refractivity contribution >= 4 is 33.6 Å². The third kappa shape index (κ3) is 3.67. The van der Waals surface area contributed by atoms with Gasteiger partial charge in [0.2, 0.25) is 0 Å². The molecule has 4 aromatic rings. The second-order valence-corrected chi connectivity index (χ2v) is 8.33. The maximum atomic E-state index is 13.1.